The van der Waals surface area contributed by atoms with Crippen LogP contribution in [0.4, 0.5) is 5.82 Å². The minimum Gasteiger partial charge on any atom is -0.369 e. The lowest BCUT2D eigenvalue weighted by atomic mass is 10.1. The van der Waals surface area contributed by atoms with Gasteiger partial charge in [0.15, 0.2) is 0 Å². The van der Waals surface area contributed by atoms with Crippen LogP contribution in [0.3, 0.4) is 0 Å². The molecule has 5 nitrogen and oxygen atoms in total. The van der Waals surface area contributed by atoms with Crippen molar-refractivity contribution in [3.05, 3.63) is 20.9 Å². The molecule has 1 unspecified atom stereocenters. The van der Waals surface area contributed by atoms with Gasteiger partial charge in [-0.15, -0.1) is 0 Å². The Kier molecular flexibility index (Phi) is 3.53. The minimum atomic E-state index is -0.461. The Labute approximate surface area is 116 Å². The molecule has 7 heteroatoms. The van der Waals surface area contributed by atoms with E-state index in [9.17, 15) is 9.59 Å². The fourth-order valence-electron chi connectivity index (χ4n) is 1.68. The van der Waals surface area contributed by atoms with Gasteiger partial charge in [0.1, 0.15) is 11.0 Å². The zero-order valence-corrected chi connectivity index (χ0v) is 11.6. The quantitative estimate of drug-likeness (QED) is 0.631. The second-order valence-corrected chi connectivity index (χ2v) is 5.27. The Morgan fingerprint density at radius 3 is 2.82 bits per heavy atom. The van der Waals surface area contributed by atoms with E-state index in [1.165, 1.54) is 4.90 Å². The number of anilines is 1. The second kappa shape index (κ2) is 4.77. The molecule has 1 fully saturated rings. The zero-order chi connectivity index (χ0) is 12.6. The van der Waals surface area contributed by atoms with Gasteiger partial charge in [0.25, 0.3) is 0 Å². The highest BCUT2D eigenvalue weighted by molar-refractivity contribution is 14.1. The van der Waals surface area contributed by atoms with Gasteiger partial charge in [0.05, 0.1) is 9.49 Å². The van der Waals surface area contributed by atoms with Crippen molar-refractivity contribution in [2.75, 3.05) is 11.4 Å². The average Bonchev–Trinajstić information content (AvgIpc) is 2.65. The van der Waals surface area contributed by atoms with Crippen molar-refractivity contribution in [1.29, 1.82) is 0 Å². The minimum absolute atomic E-state index is 0.140. The number of halogens is 2. The molecule has 0 spiro atoms. The molecule has 2 heterocycles. The van der Waals surface area contributed by atoms with Gasteiger partial charge in [-0.3, -0.25) is 14.5 Å². The van der Waals surface area contributed by atoms with Crippen LogP contribution in [-0.4, -0.2) is 23.3 Å². The number of carbonyl (C=O) groups excluding carboxylic acids is 2. The summed E-state index contributed by atoms with van der Waals surface area (Å²) in [5, 5.41) is 0.346. The Morgan fingerprint density at radius 1 is 1.59 bits per heavy atom. The van der Waals surface area contributed by atoms with Gasteiger partial charge in [-0.1, -0.05) is 11.6 Å². The van der Waals surface area contributed by atoms with Crippen molar-refractivity contribution in [3.8, 4) is 0 Å². The average molecular weight is 366 g/mol. The molecule has 0 bridgehead atoms. The predicted octanol–water partition coefficient (Wildman–Crippen LogP) is 1.18. The first kappa shape index (κ1) is 12.6. The van der Waals surface area contributed by atoms with Gasteiger partial charge < -0.3 is 5.73 Å². The van der Waals surface area contributed by atoms with Crippen molar-refractivity contribution in [2.24, 2.45) is 11.7 Å². The van der Waals surface area contributed by atoms with E-state index in [4.69, 9.17) is 17.3 Å². The van der Waals surface area contributed by atoms with E-state index in [1.54, 1.807) is 12.1 Å². The molecule has 2 N–H and O–H groups in total. The van der Waals surface area contributed by atoms with E-state index in [0.29, 0.717) is 11.0 Å². The molecule has 2 amide bonds. The van der Waals surface area contributed by atoms with Crippen LogP contribution in [0.15, 0.2) is 12.1 Å². The summed E-state index contributed by atoms with van der Waals surface area (Å²) in [7, 11) is 0. The first-order valence-electron chi connectivity index (χ1n) is 4.90. The monoisotopic (exact) mass is 365 g/mol. The molecular formula is C10H9ClIN3O2. The SMILES string of the molecule is NC(=O)C1CC(=O)N(c2ccc(I)c(Cl)n2)C1. The molecule has 1 aromatic heterocycles. The highest BCUT2D eigenvalue weighted by atomic mass is 127. The molecule has 0 saturated carbocycles. The maximum Gasteiger partial charge on any atom is 0.229 e. The molecule has 0 aromatic carbocycles. The van der Waals surface area contributed by atoms with Crippen LogP contribution < -0.4 is 10.6 Å². The molecule has 2 rings (SSSR count). The van der Waals surface area contributed by atoms with E-state index in [1.807, 2.05) is 0 Å². The largest absolute Gasteiger partial charge is 0.369 e. The fourth-order valence-corrected chi connectivity index (χ4v) is 2.13. The van der Waals surface area contributed by atoms with E-state index in [0.717, 1.165) is 3.57 Å². The van der Waals surface area contributed by atoms with Gasteiger partial charge >= 0.3 is 0 Å². The summed E-state index contributed by atoms with van der Waals surface area (Å²) in [6.45, 7) is 0.276. The van der Waals surface area contributed by atoms with Crippen LogP contribution in [-0.2, 0) is 9.59 Å². The molecule has 0 aliphatic carbocycles. The Balaban J connectivity index is 2.26. The Hall–Kier alpha value is -0.890. The van der Waals surface area contributed by atoms with Crippen LogP contribution in [0.1, 0.15) is 6.42 Å². The van der Waals surface area contributed by atoms with Gasteiger partial charge in [-0.25, -0.2) is 4.98 Å². The number of hydrogen-bond donors (Lipinski definition) is 1. The molecular weight excluding hydrogens is 356 g/mol. The molecule has 17 heavy (non-hydrogen) atoms. The summed E-state index contributed by atoms with van der Waals surface area (Å²) in [6, 6.07) is 3.48. The number of aromatic nitrogens is 1. The highest BCUT2D eigenvalue weighted by Crippen LogP contribution is 2.26. The fraction of sp³-hybridized carbons (Fsp3) is 0.300. The van der Waals surface area contributed by atoms with Crippen molar-refractivity contribution >= 4 is 51.8 Å². The van der Waals surface area contributed by atoms with E-state index in [-0.39, 0.29) is 18.9 Å². The van der Waals surface area contributed by atoms with Gasteiger partial charge in [0.2, 0.25) is 11.8 Å². The Morgan fingerprint density at radius 2 is 2.29 bits per heavy atom. The van der Waals surface area contributed by atoms with Crippen molar-refractivity contribution in [2.45, 2.75) is 6.42 Å². The van der Waals surface area contributed by atoms with Gasteiger partial charge in [-0.2, -0.15) is 0 Å². The highest BCUT2D eigenvalue weighted by Gasteiger charge is 2.34. The standard InChI is InChI=1S/C10H9ClIN3O2/c11-9-6(12)1-2-7(14-9)15-4-5(10(13)17)3-8(15)16/h1-2,5H,3-4H2,(H2,13,17). The van der Waals surface area contributed by atoms with Crippen LogP contribution in [0.2, 0.25) is 5.15 Å². The first-order valence-corrected chi connectivity index (χ1v) is 6.36. The van der Waals surface area contributed by atoms with Gasteiger partial charge in [-0.05, 0) is 34.7 Å². The molecule has 1 aliphatic heterocycles. The first-order chi connectivity index (χ1) is 7.99. The lowest BCUT2D eigenvalue weighted by molar-refractivity contribution is -0.123. The van der Waals surface area contributed by atoms with E-state index >= 15 is 0 Å². The van der Waals surface area contributed by atoms with Crippen molar-refractivity contribution in [3.63, 3.8) is 0 Å². The number of primary amides is 1. The summed E-state index contributed by atoms with van der Waals surface area (Å²) in [5.74, 6) is -0.595. The normalized spacial score (nSPS) is 19.8. The Bertz CT molecular complexity index is 494. The third kappa shape index (κ3) is 2.52. The van der Waals surface area contributed by atoms with E-state index < -0.39 is 11.8 Å². The summed E-state index contributed by atoms with van der Waals surface area (Å²) in [4.78, 5) is 28.3. The summed E-state index contributed by atoms with van der Waals surface area (Å²) >= 11 is 7.94. The van der Waals surface area contributed by atoms with Crippen LogP contribution >= 0.6 is 34.2 Å². The number of hydrogen-bond acceptors (Lipinski definition) is 3. The molecule has 1 atom stereocenters. The van der Waals surface area contributed by atoms with Crippen LogP contribution in [0, 0.1) is 9.49 Å². The molecule has 1 saturated heterocycles. The number of nitrogens with two attached hydrogens (primary N) is 1. The number of amides is 2. The molecule has 1 aliphatic rings. The van der Waals surface area contributed by atoms with Crippen LogP contribution in [0.25, 0.3) is 0 Å². The third-order valence-electron chi connectivity index (χ3n) is 2.59. The number of rotatable bonds is 2. The van der Waals surface area contributed by atoms with Crippen LogP contribution in [0.5, 0.6) is 0 Å². The maximum atomic E-state index is 11.7. The number of nitrogens with zero attached hydrogens (tertiary/aromatic N) is 2. The number of carbonyl (C=O) groups is 2. The molecule has 1 aromatic rings. The zero-order valence-electron chi connectivity index (χ0n) is 8.69. The third-order valence-corrected chi connectivity index (χ3v) is 4.07. The second-order valence-electron chi connectivity index (χ2n) is 3.75. The molecule has 0 radical (unpaired) electrons. The van der Waals surface area contributed by atoms with Crippen molar-refractivity contribution in [1.82, 2.24) is 4.98 Å². The van der Waals surface area contributed by atoms with Gasteiger partial charge in [0, 0.05) is 13.0 Å². The topological polar surface area (TPSA) is 76.3 Å². The van der Waals surface area contributed by atoms with E-state index in [2.05, 4.69) is 27.6 Å². The molecule has 90 valence electrons. The summed E-state index contributed by atoms with van der Waals surface area (Å²) in [6.07, 6.45) is 0.140. The smallest absolute Gasteiger partial charge is 0.229 e. The number of pyridine rings is 1. The lowest BCUT2D eigenvalue weighted by Crippen LogP contribution is -2.29. The maximum absolute atomic E-state index is 11.7. The van der Waals surface area contributed by atoms with Crippen molar-refractivity contribution < 1.29 is 9.59 Å². The predicted molar refractivity (Wildman–Crippen MR) is 71.6 cm³/mol. The summed E-state index contributed by atoms with van der Waals surface area (Å²) < 4.78 is 0.811. The lowest BCUT2D eigenvalue weighted by Gasteiger charge is -2.15. The summed E-state index contributed by atoms with van der Waals surface area (Å²) in [5.41, 5.74) is 5.19.